The number of nitro groups is 1. The van der Waals surface area contributed by atoms with Gasteiger partial charge in [0, 0.05) is 36.2 Å². The van der Waals surface area contributed by atoms with Gasteiger partial charge in [-0.1, -0.05) is 0 Å². The Morgan fingerprint density at radius 1 is 1.03 bits per heavy atom. The molecule has 0 aliphatic carbocycles. The number of anilines is 1. The number of hydrogen-bond donors (Lipinski definition) is 1. The third-order valence-corrected chi connectivity index (χ3v) is 6.33. The summed E-state index contributed by atoms with van der Waals surface area (Å²) < 4.78 is 0. The van der Waals surface area contributed by atoms with Crippen molar-refractivity contribution >= 4 is 40.2 Å². The van der Waals surface area contributed by atoms with Crippen molar-refractivity contribution in [2.24, 2.45) is 0 Å². The Hall–Kier alpha value is -3.85. The van der Waals surface area contributed by atoms with E-state index in [9.17, 15) is 24.5 Å². The van der Waals surface area contributed by atoms with E-state index in [4.69, 9.17) is 0 Å². The van der Waals surface area contributed by atoms with Gasteiger partial charge < -0.3 is 10.2 Å². The van der Waals surface area contributed by atoms with Gasteiger partial charge in [0.05, 0.1) is 21.9 Å². The third kappa shape index (κ3) is 4.34. The van der Waals surface area contributed by atoms with Gasteiger partial charge >= 0.3 is 0 Å². The van der Waals surface area contributed by atoms with E-state index in [0.717, 1.165) is 30.8 Å². The number of fused-ring (bicyclic) bond motifs is 1. The first-order valence-corrected chi connectivity index (χ1v) is 11.1. The molecule has 4 rings (SSSR count). The molecule has 34 heavy (non-hydrogen) atoms. The average molecular weight is 463 g/mol. The molecule has 2 amide bonds. The summed E-state index contributed by atoms with van der Waals surface area (Å²) in [5.41, 5.74) is 2.65. The zero-order valence-electron chi connectivity index (χ0n) is 19.3. The lowest BCUT2D eigenvalue weighted by molar-refractivity contribution is -0.384. The molecule has 1 saturated heterocycles. The minimum Gasteiger partial charge on any atom is -0.381 e. The van der Waals surface area contributed by atoms with E-state index in [1.54, 1.807) is 30.3 Å². The number of non-ortho nitro benzene ring substituents is 1. The molecule has 2 aromatic rings. The van der Waals surface area contributed by atoms with E-state index in [1.165, 1.54) is 26.0 Å². The van der Waals surface area contributed by atoms with Gasteiger partial charge in [0.1, 0.15) is 0 Å². The Labute approximate surface area is 197 Å². The molecule has 0 atom stereocenters. The summed E-state index contributed by atoms with van der Waals surface area (Å²) >= 11 is 0. The van der Waals surface area contributed by atoms with Crippen LogP contribution in [0.2, 0.25) is 0 Å². The van der Waals surface area contributed by atoms with Crippen LogP contribution in [0.3, 0.4) is 0 Å². The molecule has 1 fully saturated rings. The summed E-state index contributed by atoms with van der Waals surface area (Å²) in [5.74, 6) is -1.08. The number of hydrogen-bond acceptors (Lipinski definition) is 7. The first-order chi connectivity index (χ1) is 16.2. The molecule has 0 saturated carbocycles. The van der Waals surface area contributed by atoms with Crippen molar-refractivity contribution < 1.29 is 19.3 Å². The molecule has 2 aromatic carbocycles. The van der Waals surface area contributed by atoms with Crippen molar-refractivity contribution in [3.63, 3.8) is 0 Å². The maximum Gasteiger partial charge on any atom is 0.269 e. The third-order valence-electron chi connectivity index (χ3n) is 6.33. The van der Waals surface area contributed by atoms with Gasteiger partial charge in [-0.3, -0.25) is 24.5 Å². The molecule has 2 aliphatic rings. The second-order valence-corrected chi connectivity index (χ2v) is 8.72. The number of carbonyl (C=O) groups excluding carboxylic acids is 3. The number of piperidine rings is 1. The summed E-state index contributed by atoms with van der Waals surface area (Å²) in [5, 5.41) is 14.7. The van der Waals surface area contributed by atoms with Gasteiger partial charge in [-0.15, -0.1) is 0 Å². The Morgan fingerprint density at radius 2 is 1.65 bits per heavy atom. The number of Topliss-reactive ketones (excluding diaryl/α,β-unsaturated/α-hetero) is 1. The fourth-order valence-corrected chi connectivity index (χ4v) is 4.45. The van der Waals surface area contributed by atoms with Crippen LogP contribution in [0.15, 0.2) is 42.5 Å². The van der Waals surface area contributed by atoms with Gasteiger partial charge in [0.2, 0.25) is 5.91 Å². The van der Waals surface area contributed by atoms with Crippen molar-refractivity contribution in [2.75, 3.05) is 25.0 Å². The number of benzene rings is 2. The summed E-state index contributed by atoms with van der Waals surface area (Å²) in [4.78, 5) is 52.1. The van der Waals surface area contributed by atoms with E-state index >= 15 is 0 Å². The predicted octanol–water partition coefficient (Wildman–Crippen LogP) is 3.24. The van der Waals surface area contributed by atoms with Crippen molar-refractivity contribution in [1.82, 2.24) is 10.2 Å². The van der Waals surface area contributed by atoms with Crippen LogP contribution < -0.4 is 10.2 Å². The molecule has 0 radical (unpaired) electrons. The van der Waals surface area contributed by atoms with Crippen molar-refractivity contribution in [2.45, 2.75) is 32.7 Å². The molecular weight excluding hydrogens is 436 g/mol. The summed E-state index contributed by atoms with van der Waals surface area (Å²) in [6, 6.07) is 10.9. The number of likely N-dealkylation sites (tertiary alicyclic amines) is 1. The van der Waals surface area contributed by atoms with Crippen molar-refractivity contribution in [3.8, 4) is 0 Å². The van der Waals surface area contributed by atoms with Crippen LogP contribution in [-0.2, 0) is 9.59 Å². The lowest BCUT2D eigenvalue weighted by atomic mass is 9.96. The monoisotopic (exact) mass is 462 g/mol. The van der Waals surface area contributed by atoms with Gasteiger partial charge in [-0.2, -0.15) is 0 Å². The van der Waals surface area contributed by atoms with E-state index < -0.39 is 16.7 Å². The van der Waals surface area contributed by atoms with Gasteiger partial charge in [-0.05, 0) is 75.8 Å². The highest BCUT2D eigenvalue weighted by atomic mass is 16.6. The van der Waals surface area contributed by atoms with Gasteiger partial charge in [0.15, 0.2) is 5.78 Å². The second kappa shape index (κ2) is 9.18. The smallest absolute Gasteiger partial charge is 0.269 e. The Kier molecular flexibility index (Phi) is 6.30. The molecule has 2 aliphatic heterocycles. The largest absolute Gasteiger partial charge is 0.381 e. The van der Waals surface area contributed by atoms with E-state index in [-0.39, 0.29) is 23.1 Å². The number of amides is 2. The average Bonchev–Trinajstić information content (AvgIpc) is 3.09. The molecule has 2 heterocycles. The van der Waals surface area contributed by atoms with Crippen molar-refractivity contribution in [3.05, 3.63) is 69.3 Å². The maximum atomic E-state index is 13.6. The van der Waals surface area contributed by atoms with Crippen LogP contribution in [0.1, 0.15) is 48.2 Å². The minimum absolute atomic E-state index is 0.0604. The molecule has 176 valence electrons. The van der Waals surface area contributed by atoms with E-state index in [0.29, 0.717) is 28.1 Å². The fraction of sp³-hybridized carbons (Fsp3) is 0.320. The highest BCUT2D eigenvalue weighted by Crippen LogP contribution is 2.41. The van der Waals surface area contributed by atoms with Crippen LogP contribution in [0.4, 0.5) is 11.4 Å². The topological polar surface area (TPSA) is 113 Å². The summed E-state index contributed by atoms with van der Waals surface area (Å²) in [7, 11) is 2.05. The Balaban J connectivity index is 1.91. The number of nitrogens with zero attached hydrogens (tertiary/aromatic N) is 3. The standard InChI is InChI=1S/C25H26N4O5/c1-15(30)18-6-9-22-21(14-18)23(25(32)28(22)16(2)31)24(26-19-10-12-27(3)13-11-19)17-4-7-20(8-5-17)29(33)34/h4-9,14,19,26H,10-13H2,1-3H3/b24-23-. The quantitative estimate of drug-likeness (QED) is 0.314. The van der Waals surface area contributed by atoms with Gasteiger partial charge in [0.25, 0.3) is 11.6 Å². The summed E-state index contributed by atoms with van der Waals surface area (Å²) in [6.07, 6.45) is 1.70. The first kappa shape index (κ1) is 23.3. The lowest BCUT2D eigenvalue weighted by Crippen LogP contribution is -2.40. The van der Waals surface area contributed by atoms with Gasteiger partial charge in [-0.25, -0.2) is 4.90 Å². The normalized spacial score (nSPS) is 18.0. The number of carbonyl (C=O) groups is 3. The number of rotatable bonds is 5. The number of ketones is 1. The van der Waals surface area contributed by atoms with Crippen LogP contribution in [0, 0.1) is 10.1 Å². The van der Waals surface area contributed by atoms with E-state index in [1.807, 2.05) is 0 Å². The molecule has 9 heteroatoms. The number of nitrogens with one attached hydrogen (secondary N) is 1. The number of nitro benzene ring substituents is 1. The Morgan fingerprint density at radius 3 is 2.21 bits per heavy atom. The van der Waals surface area contributed by atoms with E-state index in [2.05, 4.69) is 17.3 Å². The van der Waals surface area contributed by atoms with Crippen LogP contribution in [-0.4, -0.2) is 53.6 Å². The minimum atomic E-state index is -0.489. The molecule has 0 spiro atoms. The van der Waals surface area contributed by atoms with Crippen molar-refractivity contribution in [1.29, 1.82) is 0 Å². The highest BCUT2D eigenvalue weighted by Gasteiger charge is 2.38. The predicted molar refractivity (Wildman–Crippen MR) is 128 cm³/mol. The second-order valence-electron chi connectivity index (χ2n) is 8.72. The van der Waals surface area contributed by atoms with Crippen LogP contribution in [0.25, 0.3) is 11.3 Å². The summed E-state index contributed by atoms with van der Waals surface area (Å²) in [6.45, 7) is 4.54. The lowest BCUT2D eigenvalue weighted by Gasteiger charge is -2.31. The first-order valence-electron chi connectivity index (χ1n) is 11.1. The zero-order chi connectivity index (χ0) is 24.6. The Bertz CT molecular complexity index is 1210. The fourth-order valence-electron chi connectivity index (χ4n) is 4.45. The molecule has 0 aromatic heterocycles. The maximum absolute atomic E-state index is 13.6. The number of imide groups is 1. The van der Waals surface area contributed by atoms with Crippen LogP contribution in [0.5, 0.6) is 0 Å². The molecule has 1 N–H and O–H groups in total. The van der Waals surface area contributed by atoms with Crippen LogP contribution >= 0.6 is 0 Å². The molecule has 0 bridgehead atoms. The molecule has 9 nitrogen and oxygen atoms in total. The molecular formula is C25H26N4O5. The molecule has 0 unspecified atom stereocenters. The SMILES string of the molecule is CC(=O)c1ccc2c(c1)/C(=C(/NC1CCN(C)CC1)c1ccc([N+](=O)[O-])cc1)C(=O)N2C(C)=O. The highest BCUT2D eigenvalue weighted by molar-refractivity contribution is 6.43. The zero-order valence-corrected chi connectivity index (χ0v) is 19.3.